The average Bonchev–Trinajstić information content (AvgIpc) is 2.14. The summed E-state index contributed by atoms with van der Waals surface area (Å²) >= 11 is 0. The van der Waals surface area contributed by atoms with Crippen LogP contribution in [0.3, 0.4) is 0 Å². The number of alkyl halides is 3. The normalized spacial score (nSPS) is 15.1. The molecule has 0 heterocycles. The molecular weight excluding hydrogens is 225 g/mol. The van der Waals surface area contributed by atoms with Crippen LogP contribution in [0.4, 0.5) is 13.2 Å². The number of rotatable bonds is 2. The minimum absolute atomic E-state index is 0.0280. The molecule has 0 aliphatic rings. The van der Waals surface area contributed by atoms with Crippen molar-refractivity contribution < 1.29 is 17.4 Å². The van der Waals surface area contributed by atoms with Crippen LogP contribution in [-0.4, -0.2) is 16.6 Å². The molecular formula is C10H9F3OS. The number of hydrogen-bond acceptors (Lipinski definition) is 1. The Hall–Kier alpha value is -1.10. The Morgan fingerprint density at radius 2 is 1.80 bits per heavy atom. The third kappa shape index (κ3) is 3.51. The van der Waals surface area contributed by atoms with Crippen LogP contribution in [0, 0.1) is 0 Å². The van der Waals surface area contributed by atoms with E-state index >= 15 is 0 Å². The fraction of sp³-hybridized carbons (Fsp3) is 0.200. The molecule has 0 amide bonds. The molecule has 0 aromatic heterocycles. The van der Waals surface area contributed by atoms with Crippen LogP contribution in [-0.2, 0) is 10.8 Å². The largest absolute Gasteiger partial charge is 0.417 e. The van der Waals surface area contributed by atoms with E-state index in [1.807, 2.05) is 0 Å². The van der Waals surface area contributed by atoms with E-state index in [0.29, 0.717) is 0 Å². The third-order valence-corrected chi connectivity index (χ3v) is 2.24. The Bertz CT molecular complexity index is 381. The molecule has 0 fully saturated rings. The minimum Gasteiger partial charge on any atom is -0.255 e. The van der Waals surface area contributed by atoms with Crippen molar-refractivity contribution in [2.24, 2.45) is 0 Å². The molecule has 0 radical (unpaired) electrons. The van der Waals surface area contributed by atoms with E-state index in [-0.39, 0.29) is 5.56 Å². The molecule has 1 atom stereocenters. The van der Waals surface area contributed by atoms with Crippen LogP contribution >= 0.6 is 0 Å². The molecule has 15 heavy (non-hydrogen) atoms. The molecule has 0 spiro atoms. The first kappa shape index (κ1) is 12.0. The van der Waals surface area contributed by atoms with Gasteiger partial charge in [0.05, 0.1) is 5.57 Å². The van der Waals surface area contributed by atoms with Gasteiger partial charge < -0.3 is 0 Å². The van der Waals surface area contributed by atoms with Gasteiger partial charge in [0, 0.05) is 22.5 Å². The molecule has 0 aliphatic heterocycles. The van der Waals surface area contributed by atoms with Crippen molar-refractivity contribution in [3.8, 4) is 0 Å². The van der Waals surface area contributed by atoms with Crippen LogP contribution in [0.2, 0.25) is 0 Å². The predicted molar refractivity (Wildman–Crippen MR) is 54.5 cm³/mol. The maximum atomic E-state index is 12.6. The zero-order chi connectivity index (χ0) is 11.5. The molecule has 0 saturated carbocycles. The lowest BCUT2D eigenvalue weighted by Gasteiger charge is -2.11. The molecule has 0 bridgehead atoms. The number of hydrogen-bond donors (Lipinski definition) is 0. The van der Waals surface area contributed by atoms with E-state index in [2.05, 4.69) is 0 Å². The van der Waals surface area contributed by atoms with Gasteiger partial charge in [-0.05, 0) is 5.56 Å². The minimum atomic E-state index is -4.48. The van der Waals surface area contributed by atoms with Gasteiger partial charge in [0.15, 0.2) is 0 Å². The van der Waals surface area contributed by atoms with Crippen molar-refractivity contribution in [3.05, 3.63) is 41.3 Å². The molecule has 0 saturated heterocycles. The maximum Gasteiger partial charge on any atom is 0.417 e. The Morgan fingerprint density at radius 1 is 1.27 bits per heavy atom. The number of halogens is 3. The Labute approximate surface area is 88.1 Å². The van der Waals surface area contributed by atoms with Gasteiger partial charge in [-0.2, -0.15) is 13.2 Å². The van der Waals surface area contributed by atoms with Crippen molar-refractivity contribution in [2.75, 3.05) is 6.26 Å². The van der Waals surface area contributed by atoms with E-state index in [9.17, 15) is 17.4 Å². The number of benzene rings is 1. The van der Waals surface area contributed by atoms with Crippen LogP contribution < -0.4 is 0 Å². The average molecular weight is 234 g/mol. The lowest BCUT2D eigenvalue weighted by Crippen LogP contribution is -2.11. The van der Waals surface area contributed by atoms with Crippen molar-refractivity contribution in [1.82, 2.24) is 0 Å². The topological polar surface area (TPSA) is 17.1 Å². The van der Waals surface area contributed by atoms with Gasteiger partial charge in [-0.15, -0.1) is 0 Å². The molecule has 1 unspecified atom stereocenters. The highest BCUT2D eigenvalue weighted by Gasteiger charge is 2.34. The smallest absolute Gasteiger partial charge is 0.255 e. The summed E-state index contributed by atoms with van der Waals surface area (Å²) in [4.78, 5) is 0. The van der Waals surface area contributed by atoms with Gasteiger partial charge >= 0.3 is 6.18 Å². The first-order chi connectivity index (χ1) is 6.91. The molecule has 1 aromatic carbocycles. The molecule has 1 nitrogen and oxygen atoms in total. The Kier molecular flexibility index (Phi) is 3.68. The van der Waals surface area contributed by atoms with Crippen LogP contribution in [0.5, 0.6) is 0 Å². The summed E-state index contributed by atoms with van der Waals surface area (Å²) in [5.41, 5.74) is -0.830. The first-order valence-electron chi connectivity index (χ1n) is 4.08. The summed E-state index contributed by atoms with van der Waals surface area (Å²) < 4.78 is 48.5. The van der Waals surface area contributed by atoms with Gasteiger partial charge in [0.25, 0.3) is 0 Å². The Balaban J connectivity index is 3.20. The van der Waals surface area contributed by atoms with E-state index in [0.717, 1.165) is 5.41 Å². The molecule has 5 heteroatoms. The molecule has 82 valence electrons. The highest BCUT2D eigenvalue weighted by Crippen LogP contribution is 2.33. The fourth-order valence-electron chi connectivity index (χ4n) is 1.08. The van der Waals surface area contributed by atoms with Gasteiger partial charge in [0.2, 0.25) is 0 Å². The summed E-state index contributed by atoms with van der Waals surface area (Å²) in [7, 11) is -1.62. The maximum absolute atomic E-state index is 12.6. The monoisotopic (exact) mass is 234 g/mol. The van der Waals surface area contributed by atoms with Crippen molar-refractivity contribution >= 4 is 16.4 Å². The number of allylic oxidation sites excluding steroid dienone is 1. The molecule has 0 aliphatic carbocycles. The highest BCUT2D eigenvalue weighted by molar-refractivity contribution is 7.87. The van der Waals surface area contributed by atoms with E-state index in [1.54, 1.807) is 6.07 Å². The van der Waals surface area contributed by atoms with Crippen LogP contribution in [0.25, 0.3) is 5.57 Å². The second kappa shape index (κ2) is 4.61. The van der Waals surface area contributed by atoms with Gasteiger partial charge in [-0.25, -0.2) is 0 Å². The highest BCUT2D eigenvalue weighted by atomic mass is 32.2. The summed E-state index contributed by atoms with van der Waals surface area (Å²) in [6.45, 7) is 0. The summed E-state index contributed by atoms with van der Waals surface area (Å²) in [6, 6.07) is 7.32. The summed E-state index contributed by atoms with van der Waals surface area (Å²) in [5, 5.41) is 0.718. The summed E-state index contributed by atoms with van der Waals surface area (Å²) in [5.74, 6) is 0. The first-order valence-corrected chi connectivity index (χ1v) is 5.70. The molecule has 1 rings (SSSR count). The van der Waals surface area contributed by atoms with Crippen LogP contribution in [0.15, 0.2) is 35.7 Å². The standard InChI is InChI=1S/C10H9F3OS/c1-15(14)7-9(10(11,12)13)8-5-3-2-4-6-8/h2-7H,1H3/b9-7-. The second-order valence-electron chi connectivity index (χ2n) is 2.89. The third-order valence-electron chi connectivity index (χ3n) is 1.67. The van der Waals surface area contributed by atoms with Gasteiger partial charge in [0.1, 0.15) is 0 Å². The van der Waals surface area contributed by atoms with Crippen molar-refractivity contribution in [1.29, 1.82) is 0 Å². The Morgan fingerprint density at radius 3 is 2.20 bits per heavy atom. The predicted octanol–water partition coefficient (Wildman–Crippen LogP) is 2.97. The van der Waals surface area contributed by atoms with Crippen molar-refractivity contribution in [2.45, 2.75) is 6.18 Å². The summed E-state index contributed by atoms with van der Waals surface area (Å²) in [6.07, 6.45) is -3.28. The lowest BCUT2D eigenvalue weighted by atomic mass is 10.1. The fourth-order valence-corrected chi connectivity index (χ4v) is 1.68. The lowest BCUT2D eigenvalue weighted by molar-refractivity contribution is -0.0687. The second-order valence-corrected chi connectivity index (χ2v) is 4.13. The SMILES string of the molecule is CS(=O)/C=C(/c1ccccc1)C(F)(F)F. The van der Waals surface area contributed by atoms with E-state index in [1.165, 1.54) is 30.5 Å². The van der Waals surface area contributed by atoms with Crippen LogP contribution in [0.1, 0.15) is 5.56 Å². The zero-order valence-corrected chi connectivity index (χ0v) is 8.73. The van der Waals surface area contributed by atoms with E-state index < -0.39 is 22.5 Å². The van der Waals surface area contributed by atoms with E-state index in [4.69, 9.17) is 0 Å². The zero-order valence-electron chi connectivity index (χ0n) is 7.91. The quantitative estimate of drug-likeness (QED) is 0.768. The van der Waals surface area contributed by atoms with Gasteiger partial charge in [-0.1, -0.05) is 30.3 Å². The molecule has 0 N–H and O–H groups in total. The van der Waals surface area contributed by atoms with Gasteiger partial charge in [-0.3, -0.25) is 4.21 Å². The van der Waals surface area contributed by atoms with Crippen molar-refractivity contribution in [3.63, 3.8) is 0 Å². The molecule has 1 aromatic rings.